The van der Waals surface area contributed by atoms with Gasteiger partial charge in [-0.1, -0.05) is 19.0 Å². The molecule has 6 heteroatoms. The van der Waals surface area contributed by atoms with Gasteiger partial charge in [-0.25, -0.2) is 0 Å². The highest BCUT2D eigenvalue weighted by molar-refractivity contribution is 5.82. The van der Waals surface area contributed by atoms with Gasteiger partial charge in [-0.15, -0.1) is 0 Å². The number of amides is 1. The molecule has 0 spiro atoms. The second kappa shape index (κ2) is 7.99. The van der Waals surface area contributed by atoms with Gasteiger partial charge < -0.3 is 20.6 Å². The van der Waals surface area contributed by atoms with Gasteiger partial charge in [0.05, 0.1) is 12.5 Å². The van der Waals surface area contributed by atoms with Gasteiger partial charge in [-0.3, -0.25) is 4.79 Å². The number of carbonyl (C=O) groups excluding carboxylic acids is 1. The average molecular weight is 271 g/mol. The minimum atomic E-state index is -0.0419. The average Bonchev–Trinajstić information content (AvgIpc) is 2.42. The molecular weight excluding hydrogens is 246 g/mol. The number of carbonyl (C=O) groups is 1. The van der Waals surface area contributed by atoms with Crippen molar-refractivity contribution in [2.45, 2.75) is 33.1 Å². The first-order chi connectivity index (χ1) is 9.04. The monoisotopic (exact) mass is 271 g/mol. The number of ether oxygens (including phenoxy) is 1. The second-order valence-corrected chi connectivity index (χ2v) is 5.43. The smallest absolute Gasteiger partial charge is 0.228 e. The van der Waals surface area contributed by atoms with E-state index >= 15 is 0 Å². The van der Waals surface area contributed by atoms with Gasteiger partial charge in [0.15, 0.2) is 0 Å². The molecule has 0 aromatic carbocycles. The van der Waals surface area contributed by atoms with Crippen LogP contribution in [0.25, 0.3) is 0 Å². The van der Waals surface area contributed by atoms with Crippen LogP contribution in [-0.2, 0) is 9.53 Å². The van der Waals surface area contributed by atoms with Crippen LogP contribution in [0.3, 0.4) is 0 Å². The Hall–Kier alpha value is -1.30. The van der Waals surface area contributed by atoms with E-state index in [2.05, 4.69) is 19.0 Å². The van der Waals surface area contributed by atoms with Crippen LogP contribution in [0.2, 0.25) is 0 Å². The molecule has 0 aliphatic carbocycles. The normalized spacial score (nSPS) is 20.6. The molecule has 0 bridgehead atoms. The molecule has 1 amide bonds. The lowest BCUT2D eigenvalue weighted by Crippen LogP contribution is -2.42. The van der Waals surface area contributed by atoms with Crippen molar-refractivity contribution in [2.75, 3.05) is 26.3 Å². The fourth-order valence-corrected chi connectivity index (χ4v) is 2.23. The molecule has 1 rings (SSSR count). The Bertz CT molecular complexity index is 312. The van der Waals surface area contributed by atoms with Crippen LogP contribution in [0.15, 0.2) is 5.16 Å². The number of nitrogens with two attached hydrogens (primary N) is 1. The number of hydrogen-bond donors (Lipinski definition) is 2. The Morgan fingerprint density at radius 3 is 2.84 bits per heavy atom. The summed E-state index contributed by atoms with van der Waals surface area (Å²) in [4.78, 5) is 14.2. The molecule has 1 aliphatic rings. The fourth-order valence-electron chi connectivity index (χ4n) is 2.23. The maximum atomic E-state index is 12.4. The molecule has 0 saturated carbocycles. The van der Waals surface area contributed by atoms with Gasteiger partial charge in [-0.05, 0) is 18.8 Å². The lowest BCUT2D eigenvalue weighted by atomic mass is 10.00. The Morgan fingerprint density at radius 2 is 2.32 bits per heavy atom. The van der Waals surface area contributed by atoms with E-state index in [9.17, 15) is 4.79 Å². The lowest BCUT2D eigenvalue weighted by Gasteiger charge is -2.30. The maximum absolute atomic E-state index is 12.4. The molecule has 1 heterocycles. The molecule has 1 atom stereocenters. The molecule has 19 heavy (non-hydrogen) atoms. The summed E-state index contributed by atoms with van der Waals surface area (Å²) in [5.41, 5.74) is 5.47. The summed E-state index contributed by atoms with van der Waals surface area (Å²) in [7, 11) is 0. The Balaban J connectivity index is 2.58. The molecular formula is C13H25N3O3. The SMILES string of the molecule is CC(C)CN(CCC(N)=NO)C(=O)C1CCCOC1. The zero-order valence-electron chi connectivity index (χ0n) is 11.8. The summed E-state index contributed by atoms with van der Waals surface area (Å²) in [5, 5.41) is 11.5. The topological polar surface area (TPSA) is 88.1 Å². The molecule has 0 aromatic heterocycles. The number of hydrogen-bond acceptors (Lipinski definition) is 4. The molecule has 1 saturated heterocycles. The van der Waals surface area contributed by atoms with Crippen LogP contribution < -0.4 is 5.73 Å². The zero-order chi connectivity index (χ0) is 14.3. The van der Waals surface area contributed by atoms with Gasteiger partial charge >= 0.3 is 0 Å². The van der Waals surface area contributed by atoms with Gasteiger partial charge in [-0.2, -0.15) is 0 Å². The van der Waals surface area contributed by atoms with E-state index < -0.39 is 0 Å². The van der Waals surface area contributed by atoms with E-state index in [-0.39, 0.29) is 17.7 Å². The maximum Gasteiger partial charge on any atom is 0.228 e. The number of amidine groups is 1. The predicted molar refractivity (Wildman–Crippen MR) is 73.0 cm³/mol. The summed E-state index contributed by atoms with van der Waals surface area (Å²) >= 11 is 0. The largest absolute Gasteiger partial charge is 0.409 e. The van der Waals surface area contributed by atoms with Crippen LogP contribution in [0.5, 0.6) is 0 Å². The molecule has 1 fully saturated rings. The summed E-state index contributed by atoms with van der Waals surface area (Å²) in [6, 6.07) is 0. The fraction of sp³-hybridized carbons (Fsp3) is 0.846. The van der Waals surface area contributed by atoms with E-state index in [1.165, 1.54) is 0 Å². The lowest BCUT2D eigenvalue weighted by molar-refractivity contribution is -0.140. The van der Waals surface area contributed by atoms with Crippen molar-refractivity contribution in [3.8, 4) is 0 Å². The van der Waals surface area contributed by atoms with Crippen molar-refractivity contribution in [2.24, 2.45) is 22.7 Å². The highest BCUT2D eigenvalue weighted by atomic mass is 16.5. The van der Waals surface area contributed by atoms with Crippen LogP contribution in [0, 0.1) is 11.8 Å². The van der Waals surface area contributed by atoms with E-state index in [1.54, 1.807) is 0 Å². The second-order valence-electron chi connectivity index (χ2n) is 5.43. The number of nitrogens with zero attached hydrogens (tertiary/aromatic N) is 2. The molecule has 6 nitrogen and oxygen atoms in total. The van der Waals surface area contributed by atoms with Gasteiger partial charge in [0.25, 0.3) is 0 Å². The molecule has 3 N–H and O–H groups in total. The minimum absolute atomic E-state index is 0.0419. The summed E-state index contributed by atoms with van der Waals surface area (Å²) in [6.45, 7) is 6.58. The van der Waals surface area contributed by atoms with Crippen molar-refractivity contribution < 1.29 is 14.7 Å². The first kappa shape index (κ1) is 15.8. The molecule has 0 aromatic rings. The van der Waals surface area contributed by atoms with Gasteiger partial charge in [0, 0.05) is 26.1 Å². The van der Waals surface area contributed by atoms with Crippen molar-refractivity contribution in [1.29, 1.82) is 0 Å². The van der Waals surface area contributed by atoms with E-state index in [0.29, 0.717) is 32.0 Å². The minimum Gasteiger partial charge on any atom is -0.409 e. The predicted octanol–water partition coefficient (Wildman–Crippen LogP) is 1.03. The van der Waals surface area contributed by atoms with Crippen molar-refractivity contribution in [3.05, 3.63) is 0 Å². The number of rotatable bonds is 6. The molecule has 0 radical (unpaired) electrons. The Labute approximate surface area is 114 Å². The van der Waals surface area contributed by atoms with Crippen LogP contribution in [-0.4, -0.2) is 48.2 Å². The zero-order valence-corrected chi connectivity index (χ0v) is 11.8. The van der Waals surface area contributed by atoms with Crippen LogP contribution >= 0.6 is 0 Å². The number of oxime groups is 1. The summed E-state index contributed by atoms with van der Waals surface area (Å²) < 4.78 is 5.37. The highest BCUT2D eigenvalue weighted by Crippen LogP contribution is 2.17. The third-order valence-electron chi connectivity index (χ3n) is 3.17. The van der Waals surface area contributed by atoms with Crippen LogP contribution in [0.4, 0.5) is 0 Å². The third-order valence-corrected chi connectivity index (χ3v) is 3.17. The molecule has 1 aliphatic heterocycles. The van der Waals surface area contributed by atoms with Crippen molar-refractivity contribution in [3.63, 3.8) is 0 Å². The Kier molecular flexibility index (Phi) is 6.62. The summed E-state index contributed by atoms with van der Waals surface area (Å²) in [5.74, 6) is 0.626. The standard InChI is InChI=1S/C13H25N3O3/c1-10(2)8-16(6-5-12(14)15-18)13(17)11-4-3-7-19-9-11/h10-11,18H,3-9H2,1-2H3,(H2,14,15). The van der Waals surface area contributed by atoms with Crippen LogP contribution in [0.1, 0.15) is 33.1 Å². The van der Waals surface area contributed by atoms with E-state index in [4.69, 9.17) is 15.7 Å². The first-order valence-electron chi connectivity index (χ1n) is 6.87. The van der Waals surface area contributed by atoms with E-state index in [1.807, 2.05) is 4.90 Å². The Morgan fingerprint density at radius 1 is 1.58 bits per heavy atom. The third kappa shape index (κ3) is 5.46. The first-order valence-corrected chi connectivity index (χ1v) is 6.87. The van der Waals surface area contributed by atoms with Crippen molar-refractivity contribution in [1.82, 2.24) is 4.90 Å². The van der Waals surface area contributed by atoms with Gasteiger partial charge in [0.1, 0.15) is 5.84 Å². The summed E-state index contributed by atoms with van der Waals surface area (Å²) in [6.07, 6.45) is 2.21. The van der Waals surface area contributed by atoms with Gasteiger partial charge in [0.2, 0.25) is 5.91 Å². The highest BCUT2D eigenvalue weighted by Gasteiger charge is 2.26. The molecule has 1 unspecified atom stereocenters. The molecule has 110 valence electrons. The van der Waals surface area contributed by atoms with Crippen molar-refractivity contribution >= 4 is 11.7 Å². The van der Waals surface area contributed by atoms with E-state index in [0.717, 1.165) is 19.4 Å². The quantitative estimate of drug-likeness (QED) is 0.327.